The van der Waals surface area contributed by atoms with Crippen LogP contribution in [0.3, 0.4) is 0 Å². The van der Waals surface area contributed by atoms with E-state index in [1.807, 2.05) is 12.1 Å². The maximum Gasteiger partial charge on any atom is 0.240 e. The summed E-state index contributed by atoms with van der Waals surface area (Å²) in [5.41, 5.74) is 2.82. The average molecular weight is 579 g/mol. The summed E-state index contributed by atoms with van der Waals surface area (Å²) >= 11 is 0. The Kier molecular flexibility index (Phi) is 10.1. The molecule has 2 aromatic heterocycles. The van der Waals surface area contributed by atoms with Gasteiger partial charge in [-0.05, 0) is 74.9 Å². The van der Waals surface area contributed by atoms with Crippen LogP contribution < -0.4 is 0 Å². The fraction of sp³-hybridized carbons (Fsp3) is 0.438. The minimum absolute atomic E-state index is 0.0283. The fourth-order valence-corrected chi connectivity index (χ4v) is 5.07. The van der Waals surface area contributed by atoms with E-state index in [9.17, 15) is 13.2 Å². The lowest BCUT2D eigenvalue weighted by molar-refractivity contribution is -0.0376. The summed E-state index contributed by atoms with van der Waals surface area (Å²) in [6, 6.07) is 10.6. The van der Waals surface area contributed by atoms with Gasteiger partial charge in [-0.15, -0.1) is 10.2 Å². The lowest BCUT2D eigenvalue weighted by Crippen LogP contribution is -2.19. The predicted molar refractivity (Wildman–Crippen MR) is 153 cm³/mol. The quantitative estimate of drug-likeness (QED) is 0.292. The van der Waals surface area contributed by atoms with Crippen LogP contribution >= 0.6 is 0 Å². The Morgan fingerprint density at radius 2 is 1.26 bits per heavy atom. The number of halogens is 3. The van der Waals surface area contributed by atoms with Gasteiger partial charge in [0.2, 0.25) is 11.9 Å². The van der Waals surface area contributed by atoms with Crippen molar-refractivity contribution in [2.45, 2.75) is 63.8 Å². The van der Waals surface area contributed by atoms with Crippen molar-refractivity contribution < 1.29 is 27.8 Å². The van der Waals surface area contributed by atoms with Gasteiger partial charge >= 0.3 is 0 Å². The number of alkyl halides is 1. The third-order valence-corrected chi connectivity index (χ3v) is 7.10. The van der Waals surface area contributed by atoms with Crippen molar-refractivity contribution in [2.24, 2.45) is 0 Å². The van der Waals surface area contributed by atoms with Crippen molar-refractivity contribution in [3.63, 3.8) is 0 Å². The molecule has 6 rings (SSSR count). The topological polar surface area (TPSA) is 74.3 Å². The van der Waals surface area contributed by atoms with Crippen LogP contribution in [-0.2, 0) is 9.47 Å². The smallest absolute Gasteiger partial charge is 0.240 e. The number of aromatic nitrogens is 4. The third kappa shape index (κ3) is 6.96. The molecule has 0 spiro atoms. The SMILES string of the molecule is FCCC#Cc1ccc2c(c1)c(F)nn2C1CCCCO1.OCCC#Cc1ccc2c(c1)c(F)nn2C1CCCCO1. The molecule has 220 valence electrons. The van der Waals surface area contributed by atoms with E-state index in [0.717, 1.165) is 49.6 Å². The van der Waals surface area contributed by atoms with Crippen LogP contribution in [0.25, 0.3) is 21.8 Å². The molecule has 2 fully saturated rings. The molecule has 2 atom stereocenters. The third-order valence-electron chi connectivity index (χ3n) is 7.10. The molecule has 0 aliphatic carbocycles. The lowest BCUT2D eigenvalue weighted by atomic mass is 10.1. The highest BCUT2D eigenvalue weighted by atomic mass is 19.1. The summed E-state index contributed by atoms with van der Waals surface area (Å²) in [5.74, 6) is 10.3. The molecule has 1 N–H and O–H groups in total. The van der Waals surface area contributed by atoms with Gasteiger partial charge < -0.3 is 14.6 Å². The first-order valence-electron chi connectivity index (χ1n) is 14.3. The summed E-state index contributed by atoms with van der Waals surface area (Å²) in [7, 11) is 0. The average Bonchev–Trinajstić information content (AvgIpc) is 3.54. The second kappa shape index (κ2) is 14.4. The molecule has 0 saturated carbocycles. The molecule has 0 bridgehead atoms. The van der Waals surface area contributed by atoms with Crippen molar-refractivity contribution in [1.29, 1.82) is 0 Å². The van der Waals surface area contributed by atoms with Crippen molar-refractivity contribution in [1.82, 2.24) is 19.6 Å². The largest absolute Gasteiger partial charge is 0.395 e. The molecule has 4 heterocycles. The number of benzene rings is 2. The first-order valence-corrected chi connectivity index (χ1v) is 14.3. The zero-order chi connectivity index (χ0) is 29.3. The number of ether oxygens (including phenoxy) is 2. The van der Waals surface area contributed by atoms with Crippen LogP contribution in [0.1, 0.15) is 74.9 Å². The Balaban J connectivity index is 0.000000168. The molecule has 2 unspecified atom stereocenters. The number of aliphatic hydroxyl groups is 1. The second-order valence-electron chi connectivity index (χ2n) is 10.1. The minimum atomic E-state index is -0.520. The van der Waals surface area contributed by atoms with Crippen LogP contribution in [0.5, 0.6) is 0 Å². The summed E-state index contributed by atoms with van der Waals surface area (Å²) in [5, 5.41) is 17.6. The Morgan fingerprint density at radius 3 is 1.69 bits per heavy atom. The highest BCUT2D eigenvalue weighted by Crippen LogP contribution is 2.29. The zero-order valence-corrected chi connectivity index (χ0v) is 23.3. The van der Waals surface area contributed by atoms with E-state index in [1.54, 1.807) is 33.6 Å². The second-order valence-corrected chi connectivity index (χ2v) is 10.1. The highest BCUT2D eigenvalue weighted by Gasteiger charge is 2.22. The van der Waals surface area contributed by atoms with E-state index in [-0.39, 0.29) is 25.5 Å². The molecule has 2 aliphatic heterocycles. The first-order chi connectivity index (χ1) is 20.6. The normalized spacial score (nSPS) is 18.5. The van der Waals surface area contributed by atoms with Crippen molar-refractivity contribution in [2.75, 3.05) is 26.5 Å². The number of aliphatic hydroxyl groups excluding tert-OH is 1. The summed E-state index contributed by atoms with van der Waals surface area (Å²) in [6.07, 6.45) is 6.12. The van der Waals surface area contributed by atoms with Crippen LogP contribution in [0.2, 0.25) is 0 Å². The Bertz CT molecular complexity index is 1510. The molecule has 2 aromatic carbocycles. The van der Waals surface area contributed by atoms with Gasteiger partial charge in [0.05, 0.1) is 28.4 Å². The fourth-order valence-electron chi connectivity index (χ4n) is 5.07. The maximum absolute atomic E-state index is 14.1. The van der Waals surface area contributed by atoms with Gasteiger partial charge in [-0.1, -0.05) is 23.7 Å². The van der Waals surface area contributed by atoms with Gasteiger partial charge in [0, 0.05) is 37.2 Å². The molecular weight excluding hydrogens is 545 g/mol. The van der Waals surface area contributed by atoms with Gasteiger partial charge in [0.1, 0.15) is 6.67 Å². The Morgan fingerprint density at radius 1 is 0.762 bits per heavy atom. The molecular formula is C32H33F3N4O3. The number of nitrogens with zero attached hydrogens (tertiary/aromatic N) is 4. The Labute approximate surface area is 242 Å². The van der Waals surface area contributed by atoms with Gasteiger partial charge in [-0.2, -0.15) is 8.78 Å². The highest BCUT2D eigenvalue weighted by molar-refractivity contribution is 5.81. The lowest BCUT2D eigenvalue weighted by Gasteiger charge is -2.23. The van der Waals surface area contributed by atoms with E-state index in [2.05, 4.69) is 33.9 Å². The molecule has 10 heteroatoms. The van der Waals surface area contributed by atoms with Crippen molar-refractivity contribution in [3.8, 4) is 23.7 Å². The van der Waals surface area contributed by atoms with E-state index in [0.29, 0.717) is 41.5 Å². The summed E-state index contributed by atoms with van der Waals surface area (Å²) < 4.78 is 54.7. The maximum atomic E-state index is 14.1. The minimum Gasteiger partial charge on any atom is -0.395 e. The molecule has 0 radical (unpaired) electrons. The number of hydrogen-bond donors (Lipinski definition) is 1. The van der Waals surface area contributed by atoms with E-state index >= 15 is 0 Å². The first kappa shape index (κ1) is 29.7. The van der Waals surface area contributed by atoms with Gasteiger partial charge in [0.15, 0.2) is 12.5 Å². The van der Waals surface area contributed by atoms with Crippen LogP contribution in [-0.4, -0.2) is 51.2 Å². The van der Waals surface area contributed by atoms with Crippen molar-refractivity contribution in [3.05, 3.63) is 59.4 Å². The van der Waals surface area contributed by atoms with Crippen LogP contribution in [0.15, 0.2) is 36.4 Å². The van der Waals surface area contributed by atoms with E-state index < -0.39 is 18.6 Å². The summed E-state index contributed by atoms with van der Waals surface area (Å²) in [6.45, 7) is 0.930. The molecule has 42 heavy (non-hydrogen) atoms. The van der Waals surface area contributed by atoms with Gasteiger partial charge in [-0.25, -0.2) is 9.36 Å². The zero-order valence-electron chi connectivity index (χ0n) is 23.3. The van der Waals surface area contributed by atoms with E-state index in [1.165, 1.54) is 0 Å². The van der Waals surface area contributed by atoms with Crippen LogP contribution in [0.4, 0.5) is 13.2 Å². The molecule has 2 aliphatic rings. The van der Waals surface area contributed by atoms with E-state index in [4.69, 9.17) is 14.6 Å². The van der Waals surface area contributed by atoms with Gasteiger partial charge in [-0.3, -0.25) is 4.39 Å². The number of fused-ring (bicyclic) bond motifs is 2. The summed E-state index contributed by atoms with van der Waals surface area (Å²) in [4.78, 5) is 0. The van der Waals surface area contributed by atoms with Gasteiger partial charge in [0.25, 0.3) is 0 Å². The molecule has 4 aromatic rings. The number of hydrogen-bond acceptors (Lipinski definition) is 5. The Hall–Kier alpha value is -3.83. The standard InChI is InChI=1S/C16H16F2N2O.C16H17FN2O2/c17-9-3-1-5-12-7-8-14-13(11-12)16(18)19-20(14)15-6-2-4-10-21-15;17-16-13-11-12(5-1-3-9-20)7-8-14(13)19(18-16)15-6-2-4-10-21-15/h7-8,11,15H,2-4,6,9-10H2;7-8,11,15,20H,2-4,6,9-10H2. The molecule has 0 amide bonds. The monoisotopic (exact) mass is 578 g/mol. The van der Waals surface area contributed by atoms with Crippen LogP contribution in [0, 0.1) is 35.6 Å². The predicted octanol–water partition coefficient (Wildman–Crippen LogP) is 6.19. The molecule has 7 nitrogen and oxygen atoms in total. The molecule has 2 saturated heterocycles. The van der Waals surface area contributed by atoms with Crippen molar-refractivity contribution >= 4 is 21.8 Å². The number of rotatable bonds is 4.